The standard InChI is InChI=1S/C16H19ClN2O3S/c1-16-7-6-14(20)19(16)13(10-23-16)15(21)18-8-9-22-12-4-2-11(17)3-5-12/h2-5,13H,6-10H2,1H3,(H,18,21). The molecule has 0 aromatic heterocycles. The summed E-state index contributed by atoms with van der Waals surface area (Å²) in [6.07, 6.45) is 1.35. The van der Waals surface area contributed by atoms with Crippen molar-refractivity contribution in [3.63, 3.8) is 0 Å². The summed E-state index contributed by atoms with van der Waals surface area (Å²) in [6.45, 7) is 2.82. The highest BCUT2D eigenvalue weighted by Gasteiger charge is 2.52. The second-order valence-electron chi connectivity index (χ2n) is 5.86. The largest absolute Gasteiger partial charge is 0.492 e. The zero-order chi connectivity index (χ0) is 16.4. The van der Waals surface area contributed by atoms with E-state index in [0.717, 1.165) is 6.42 Å². The van der Waals surface area contributed by atoms with Crippen molar-refractivity contribution in [2.75, 3.05) is 18.9 Å². The van der Waals surface area contributed by atoms with Gasteiger partial charge in [-0.2, -0.15) is 0 Å². The predicted octanol–water partition coefficient (Wildman–Crippen LogP) is 2.29. The molecule has 3 rings (SSSR count). The van der Waals surface area contributed by atoms with Crippen molar-refractivity contribution in [2.24, 2.45) is 0 Å². The summed E-state index contributed by atoms with van der Waals surface area (Å²) in [5, 5.41) is 3.51. The van der Waals surface area contributed by atoms with Gasteiger partial charge in [0.2, 0.25) is 11.8 Å². The maximum absolute atomic E-state index is 12.3. The lowest BCUT2D eigenvalue weighted by molar-refractivity contribution is -0.137. The molecule has 2 fully saturated rings. The molecule has 2 saturated heterocycles. The lowest BCUT2D eigenvalue weighted by Gasteiger charge is -2.29. The quantitative estimate of drug-likeness (QED) is 0.824. The smallest absolute Gasteiger partial charge is 0.243 e. The Bertz CT molecular complexity index is 610. The van der Waals surface area contributed by atoms with Crippen LogP contribution in [0, 0.1) is 0 Å². The highest BCUT2D eigenvalue weighted by Crippen LogP contribution is 2.47. The minimum absolute atomic E-state index is 0.0788. The highest BCUT2D eigenvalue weighted by atomic mass is 35.5. The number of carbonyl (C=O) groups excluding carboxylic acids is 2. The van der Waals surface area contributed by atoms with Gasteiger partial charge in [0.05, 0.1) is 11.4 Å². The normalized spacial score (nSPS) is 26.3. The summed E-state index contributed by atoms with van der Waals surface area (Å²) in [7, 11) is 0. The molecule has 0 radical (unpaired) electrons. The third-order valence-corrected chi connectivity index (χ3v) is 5.99. The van der Waals surface area contributed by atoms with Crippen LogP contribution in [0.5, 0.6) is 5.75 Å². The van der Waals surface area contributed by atoms with Gasteiger partial charge < -0.3 is 15.0 Å². The number of amides is 2. The van der Waals surface area contributed by atoms with E-state index in [1.807, 2.05) is 6.92 Å². The van der Waals surface area contributed by atoms with Gasteiger partial charge in [-0.15, -0.1) is 11.8 Å². The van der Waals surface area contributed by atoms with Gasteiger partial charge in [0.25, 0.3) is 0 Å². The summed E-state index contributed by atoms with van der Waals surface area (Å²) in [5.41, 5.74) is 0. The average molecular weight is 355 g/mol. The molecule has 0 aliphatic carbocycles. The molecular weight excluding hydrogens is 336 g/mol. The third-order valence-electron chi connectivity index (χ3n) is 4.23. The van der Waals surface area contributed by atoms with Gasteiger partial charge in [-0.1, -0.05) is 11.6 Å². The molecule has 2 atom stereocenters. The van der Waals surface area contributed by atoms with Crippen LogP contribution < -0.4 is 10.1 Å². The Morgan fingerprint density at radius 1 is 1.48 bits per heavy atom. The molecule has 2 amide bonds. The van der Waals surface area contributed by atoms with Gasteiger partial charge in [0.15, 0.2) is 0 Å². The van der Waals surface area contributed by atoms with Crippen LogP contribution in [0.3, 0.4) is 0 Å². The summed E-state index contributed by atoms with van der Waals surface area (Å²) in [6, 6.07) is 6.71. The molecule has 5 nitrogen and oxygen atoms in total. The maximum atomic E-state index is 12.3. The van der Waals surface area contributed by atoms with E-state index in [-0.39, 0.29) is 22.7 Å². The summed E-state index contributed by atoms with van der Waals surface area (Å²) in [5.74, 6) is 1.35. The Morgan fingerprint density at radius 3 is 2.96 bits per heavy atom. The van der Waals surface area contributed by atoms with Crippen molar-refractivity contribution in [1.82, 2.24) is 10.2 Å². The highest BCUT2D eigenvalue weighted by molar-refractivity contribution is 8.01. The minimum atomic E-state index is -0.365. The fourth-order valence-electron chi connectivity index (χ4n) is 3.01. The van der Waals surface area contributed by atoms with Gasteiger partial charge in [-0.3, -0.25) is 9.59 Å². The molecule has 1 aromatic carbocycles. The monoisotopic (exact) mass is 354 g/mol. The van der Waals surface area contributed by atoms with Crippen molar-refractivity contribution in [3.05, 3.63) is 29.3 Å². The van der Waals surface area contributed by atoms with Crippen LogP contribution >= 0.6 is 23.4 Å². The summed E-state index contributed by atoms with van der Waals surface area (Å²) >= 11 is 7.50. The van der Waals surface area contributed by atoms with E-state index in [1.165, 1.54) is 0 Å². The van der Waals surface area contributed by atoms with Crippen LogP contribution in [0.15, 0.2) is 24.3 Å². The van der Waals surface area contributed by atoms with Crippen molar-refractivity contribution in [3.8, 4) is 5.75 Å². The summed E-state index contributed by atoms with van der Waals surface area (Å²) in [4.78, 5) is 25.9. The van der Waals surface area contributed by atoms with Crippen LogP contribution in [0.25, 0.3) is 0 Å². The first kappa shape index (κ1) is 16.5. The fraction of sp³-hybridized carbons (Fsp3) is 0.500. The number of nitrogens with zero attached hydrogens (tertiary/aromatic N) is 1. The van der Waals surface area contributed by atoms with Crippen molar-refractivity contribution in [2.45, 2.75) is 30.7 Å². The van der Waals surface area contributed by atoms with Crippen LogP contribution in [-0.2, 0) is 9.59 Å². The topological polar surface area (TPSA) is 58.6 Å². The van der Waals surface area contributed by atoms with Gasteiger partial charge in [-0.25, -0.2) is 0 Å². The van der Waals surface area contributed by atoms with E-state index in [1.54, 1.807) is 40.9 Å². The molecule has 7 heteroatoms. The molecule has 124 valence electrons. The van der Waals surface area contributed by atoms with Crippen molar-refractivity contribution in [1.29, 1.82) is 0 Å². The second-order valence-corrected chi connectivity index (χ2v) is 7.80. The lowest BCUT2D eigenvalue weighted by atomic mass is 10.2. The number of fused-ring (bicyclic) bond motifs is 1. The molecule has 1 N–H and O–H groups in total. The lowest BCUT2D eigenvalue weighted by Crippen LogP contribution is -2.50. The Hall–Kier alpha value is -1.40. The molecule has 2 aliphatic rings. The van der Waals surface area contributed by atoms with Gasteiger partial charge >= 0.3 is 0 Å². The molecule has 2 aliphatic heterocycles. The Morgan fingerprint density at radius 2 is 2.22 bits per heavy atom. The molecule has 0 bridgehead atoms. The first-order valence-electron chi connectivity index (χ1n) is 7.62. The molecule has 0 spiro atoms. The number of carbonyl (C=O) groups is 2. The van der Waals surface area contributed by atoms with E-state index in [2.05, 4.69) is 5.32 Å². The number of thioether (sulfide) groups is 1. The number of ether oxygens (including phenoxy) is 1. The first-order chi connectivity index (χ1) is 11.0. The van der Waals surface area contributed by atoms with E-state index in [4.69, 9.17) is 16.3 Å². The Kier molecular flexibility index (Phi) is 4.73. The number of rotatable bonds is 5. The maximum Gasteiger partial charge on any atom is 0.243 e. The fourth-order valence-corrected chi connectivity index (χ4v) is 4.56. The van der Waals surface area contributed by atoms with Gasteiger partial charge in [0.1, 0.15) is 18.4 Å². The number of benzene rings is 1. The number of halogens is 1. The third kappa shape index (κ3) is 3.43. The predicted molar refractivity (Wildman–Crippen MR) is 90.7 cm³/mol. The van der Waals surface area contributed by atoms with Crippen molar-refractivity contribution >= 4 is 35.2 Å². The number of hydrogen-bond donors (Lipinski definition) is 1. The van der Waals surface area contributed by atoms with E-state index in [9.17, 15) is 9.59 Å². The average Bonchev–Trinajstić information content (AvgIpc) is 3.02. The van der Waals surface area contributed by atoms with Crippen LogP contribution in [0.1, 0.15) is 19.8 Å². The van der Waals surface area contributed by atoms with Gasteiger partial charge in [0, 0.05) is 17.2 Å². The number of hydrogen-bond acceptors (Lipinski definition) is 4. The molecule has 2 unspecified atom stereocenters. The molecule has 1 aromatic rings. The zero-order valence-electron chi connectivity index (χ0n) is 12.9. The number of nitrogens with one attached hydrogen (secondary N) is 1. The first-order valence-corrected chi connectivity index (χ1v) is 8.98. The Balaban J connectivity index is 1.46. The van der Waals surface area contributed by atoms with Crippen LogP contribution in [0.2, 0.25) is 5.02 Å². The second kappa shape index (κ2) is 6.61. The van der Waals surface area contributed by atoms with Gasteiger partial charge in [-0.05, 0) is 37.6 Å². The molecular formula is C16H19ClN2O3S. The Labute approximate surface area is 144 Å². The molecule has 2 heterocycles. The molecule has 0 saturated carbocycles. The van der Waals surface area contributed by atoms with Crippen molar-refractivity contribution < 1.29 is 14.3 Å². The minimum Gasteiger partial charge on any atom is -0.492 e. The van der Waals surface area contributed by atoms with Crippen LogP contribution in [0.4, 0.5) is 0 Å². The van der Waals surface area contributed by atoms with E-state index < -0.39 is 0 Å². The summed E-state index contributed by atoms with van der Waals surface area (Å²) < 4.78 is 5.54. The van der Waals surface area contributed by atoms with E-state index in [0.29, 0.717) is 36.1 Å². The molecule has 23 heavy (non-hydrogen) atoms. The van der Waals surface area contributed by atoms with E-state index >= 15 is 0 Å². The zero-order valence-corrected chi connectivity index (χ0v) is 14.5. The van der Waals surface area contributed by atoms with Crippen LogP contribution in [-0.4, -0.2) is 46.5 Å². The SMILES string of the molecule is CC12CCC(=O)N1C(C(=O)NCCOc1ccc(Cl)cc1)CS2.